The Balaban J connectivity index is 2.27. The van der Waals surface area contributed by atoms with Crippen LogP contribution in [0, 0.1) is 3.57 Å². The highest BCUT2D eigenvalue weighted by atomic mass is 127. The third-order valence-corrected chi connectivity index (χ3v) is 3.91. The average molecular weight is 376 g/mol. The van der Waals surface area contributed by atoms with E-state index in [2.05, 4.69) is 37.3 Å². The Morgan fingerprint density at radius 1 is 1.11 bits per heavy atom. The normalized spacial score (nSPS) is 11.2. The second-order valence-corrected chi connectivity index (χ2v) is 6.27. The fraction of sp³-hybridized carbons (Fsp3) is 0. The molecule has 0 amide bonds. The van der Waals surface area contributed by atoms with Gasteiger partial charge in [-0.3, -0.25) is 4.72 Å². The fourth-order valence-corrected chi connectivity index (χ4v) is 2.44. The number of nitrogens with one attached hydrogen (secondary N) is 1. The molecule has 2 rings (SSSR count). The van der Waals surface area contributed by atoms with Crippen molar-refractivity contribution in [2.24, 2.45) is 0 Å². The van der Waals surface area contributed by atoms with E-state index in [4.69, 9.17) is 5.73 Å². The van der Waals surface area contributed by atoms with Gasteiger partial charge in [0.05, 0.1) is 11.9 Å². The number of hydrogen-bond donors (Lipinski definition) is 2. The number of halogens is 1. The zero-order valence-corrected chi connectivity index (χ0v) is 12.0. The first kappa shape index (κ1) is 13.0. The summed E-state index contributed by atoms with van der Waals surface area (Å²) in [6, 6.07) is 6.14. The first-order valence-electron chi connectivity index (χ1n) is 4.83. The van der Waals surface area contributed by atoms with E-state index < -0.39 is 10.0 Å². The Labute approximate surface area is 118 Å². The molecule has 0 atom stereocenters. The maximum absolute atomic E-state index is 11.9. The van der Waals surface area contributed by atoms with Gasteiger partial charge < -0.3 is 5.73 Å². The lowest BCUT2D eigenvalue weighted by molar-refractivity contribution is 0.597. The van der Waals surface area contributed by atoms with Crippen molar-refractivity contribution in [2.75, 3.05) is 10.5 Å². The standard InChI is InChI=1S/C10H9IN4O2S/c11-7-1-3-9(13-5-7)15-18(16,17)10-4-2-8(12)6-14-10/h1-6H,12H2,(H,13,15). The molecular weight excluding hydrogens is 367 g/mol. The lowest BCUT2D eigenvalue weighted by Crippen LogP contribution is -2.15. The van der Waals surface area contributed by atoms with Gasteiger partial charge in [0, 0.05) is 9.77 Å². The van der Waals surface area contributed by atoms with Gasteiger partial charge in [0.1, 0.15) is 5.82 Å². The number of pyridine rings is 2. The summed E-state index contributed by atoms with van der Waals surface area (Å²) in [5.74, 6) is 0.244. The van der Waals surface area contributed by atoms with Gasteiger partial charge in [-0.2, -0.15) is 8.42 Å². The summed E-state index contributed by atoms with van der Waals surface area (Å²) < 4.78 is 27.1. The van der Waals surface area contributed by atoms with Gasteiger partial charge in [-0.15, -0.1) is 0 Å². The molecule has 0 bridgehead atoms. The number of nitrogen functional groups attached to an aromatic ring is 1. The molecule has 0 aliphatic rings. The Hall–Kier alpha value is -1.42. The molecule has 3 N–H and O–H groups in total. The predicted octanol–water partition coefficient (Wildman–Crippen LogP) is 1.46. The van der Waals surface area contributed by atoms with Crippen molar-refractivity contribution in [2.45, 2.75) is 5.03 Å². The van der Waals surface area contributed by atoms with E-state index in [1.807, 2.05) is 0 Å². The SMILES string of the molecule is Nc1ccc(S(=O)(=O)Nc2ccc(I)cn2)nc1. The van der Waals surface area contributed by atoms with Gasteiger partial charge in [0.2, 0.25) is 0 Å². The first-order valence-corrected chi connectivity index (χ1v) is 7.39. The maximum atomic E-state index is 11.9. The van der Waals surface area contributed by atoms with Crippen molar-refractivity contribution in [3.63, 3.8) is 0 Å². The lowest BCUT2D eigenvalue weighted by atomic mass is 10.4. The Morgan fingerprint density at radius 3 is 2.44 bits per heavy atom. The molecule has 2 heterocycles. The molecule has 94 valence electrons. The van der Waals surface area contributed by atoms with Crippen LogP contribution in [0.15, 0.2) is 41.7 Å². The van der Waals surface area contributed by atoms with Crippen molar-refractivity contribution in [1.29, 1.82) is 0 Å². The molecule has 2 aromatic rings. The van der Waals surface area contributed by atoms with Crippen LogP contribution in [0.1, 0.15) is 0 Å². The van der Waals surface area contributed by atoms with E-state index in [0.29, 0.717) is 5.69 Å². The molecule has 2 aromatic heterocycles. The van der Waals surface area contributed by atoms with Crippen molar-refractivity contribution in [3.8, 4) is 0 Å². The highest BCUT2D eigenvalue weighted by molar-refractivity contribution is 14.1. The molecule has 0 spiro atoms. The number of nitrogens with zero attached hydrogens (tertiary/aromatic N) is 2. The van der Waals surface area contributed by atoms with Crippen molar-refractivity contribution >= 4 is 44.1 Å². The van der Waals surface area contributed by atoms with Crippen molar-refractivity contribution in [3.05, 3.63) is 40.2 Å². The third-order valence-electron chi connectivity index (χ3n) is 2.00. The van der Waals surface area contributed by atoms with Gasteiger partial charge in [-0.1, -0.05) is 0 Å². The molecule has 0 radical (unpaired) electrons. The summed E-state index contributed by atoms with van der Waals surface area (Å²) in [7, 11) is -3.72. The van der Waals surface area contributed by atoms with Gasteiger partial charge in [0.25, 0.3) is 10.0 Å². The topological polar surface area (TPSA) is 98.0 Å². The monoisotopic (exact) mass is 376 g/mol. The third kappa shape index (κ3) is 3.07. The summed E-state index contributed by atoms with van der Waals surface area (Å²) in [6.07, 6.45) is 2.85. The maximum Gasteiger partial charge on any atom is 0.280 e. The van der Waals surface area contributed by atoms with Crippen LogP contribution in [0.5, 0.6) is 0 Å². The van der Waals surface area contributed by atoms with Crippen LogP contribution in [0.3, 0.4) is 0 Å². The minimum Gasteiger partial charge on any atom is -0.397 e. The summed E-state index contributed by atoms with van der Waals surface area (Å²) in [4.78, 5) is 7.72. The molecule has 0 saturated heterocycles. The molecule has 0 fully saturated rings. The number of rotatable bonds is 3. The van der Waals surface area contributed by atoms with Crippen LogP contribution in [-0.2, 0) is 10.0 Å². The summed E-state index contributed by atoms with van der Waals surface area (Å²) >= 11 is 2.08. The van der Waals surface area contributed by atoms with Gasteiger partial charge in [0.15, 0.2) is 5.03 Å². The Bertz CT molecular complexity index is 641. The van der Waals surface area contributed by atoms with E-state index in [1.54, 1.807) is 18.3 Å². The van der Waals surface area contributed by atoms with Crippen LogP contribution in [0.25, 0.3) is 0 Å². The molecule has 0 unspecified atom stereocenters. The number of aromatic nitrogens is 2. The van der Waals surface area contributed by atoms with Gasteiger partial charge >= 0.3 is 0 Å². The first-order chi connectivity index (χ1) is 8.47. The highest BCUT2D eigenvalue weighted by Gasteiger charge is 2.15. The Kier molecular flexibility index (Phi) is 3.66. The van der Waals surface area contributed by atoms with Crippen LogP contribution in [0.2, 0.25) is 0 Å². The van der Waals surface area contributed by atoms with Crippen molar-refractivity contribution < 1.29 is 8.42 Å². The minimum atomic E-state index is -3.72. The largest absolute Gasteiger partial charge is 0.397 e. The lowest BCUT2D eigenvalue weighted by Gasteiger charge is -2.06. The molecule has 0 aromatic carbocycles. The molecule has 0 saturated carbocycles. The minimum absolute atomic E-state index is 0.1000. The number of sulfonamides is 1. The second kappa shape index (κ2) is 5.06. The van der Waals surface area contributed by atoms with E-state index in [9.17, 15) is 8.42 Å². The second-order valence-electron chi connectivity index (χ2n) is 3.40. The molecule has 6 nitrogen and oxygen atoms in total. The van der Waals surface area contributed by atoms with E-state index in [1.165, 1.54) is 18.3 Å². The molecule has 18 heavy (non-hydrogen) atoms. The fourth-order valence-electron chi connectivity index (χ4n) is 1.18. The predicted molar refractivity (Wildman–Crippen MR) is 76.4 cm³/mol. The number of anilines is 2. The van der Waals surface area contributed by atoms with Crippen LogP contribution < -0.4 is 10.5 Å². The summed E-state index contributed by atoms with van der Waals surface area (Å²) in [6.45, 7) is 0. The van der Waals surface area contributed by atoms with Crippen LogP contribution in [-0.4, -0.2) is 18.4 Å². The zero-order chi connectivity index (χ0) is 13.2. The van der Waals surface area contributed by atoms with Gasteiger partial charge in [-0.25, -0.2) is 9.97 Å². The summed E-state index contributed by atoms with van der Waals surface area (Å²) in [5, 5.41) is -0.1000. The molecule has 0 aliphatic heterocycles. The van der Waals surface area contributed by atoms with Crippen LogP contribution in [0.4, 0.5) is 11.5 Å². The highest BCUT2D eigenvalue weighted by Crippen LogP contribution is 2.14. The Morgan fingerprint density at radius 2 is 1.89 bits per heavy atom. The zero-order valence-electron chi connectivity index (χ0n) is 9.04. The number of nitrogens with two attached hydrogens (primary N) is 1. The van der Waals surface area contributed by atoms with E-state index in [-0.39, 0.29) is 10.8 Å². The van der Waals surface area contributed by atoms with Gasteiger partial charge in [-0.05, 0) is 46.9 Å². The van der Waals surface area contributed by atoms with E-state index >= 15 is 0 Å². The van der Waals surface area contributed by atoms with Crippen LogP contribution >= 0.6 is 22.6 Å². The quantitative estimate of drug-likeness (QED) is 0.791. The number of hydrogen-bond acceptors (Lipinski definition) is 5. The average Bonchev–Trinajstić information content (AvgIpc) is 2.32. The molecular formula is C10H9IN4O2S. The van der Waals surface area contributed by atoms with Crippen molar-refractivity contribution in [1.82, 2.24) is 9.97 Å². The summed E-state index contributed by atoms with van der Waals surface area (Å²) in [5.41, 5.74) is 5.85. The molecule has 0 aliphatic carbocycles. The van der Waals surface area contributed by atoms with E-state index in [0.717, 1.165) is 3.57 Å². The smallest absolute Gasteiger partial charge is 0.280 e. The molecule has 8 heteroatoms.